The van der Waals surface area contributed by atoms with Crippen molar-refractivity contribution in [3.05, 3.63) is 79.5 Å². The molecular formula is C17H12ClFN4O5. The average Bonchev–Trinajstić information content (AvgIpc) is 3.01. The molecule has 0 saturated heterocycles. The van der Waals surface area contributed by atoms with Crippen molar-refractivity contribution in [3.63, 3.8) is 0 Å². The number of halogens is 2. The number of nitro groups is 1. The first-order valence-electron chi connectivity index (χ1n) is 7.87. The second-order valence-corrected chi connectivity index (χ2v) is 6.03. The normalized spacial score (nSPS) is 10.6. The first-order valence-corrected chi connectivity index (χ1v) is 8.25. The Bertz CT molecular complexity index is 1110. The first-order chi connectivity index (χ1) is 13.3. The summed E-state index contributed by atoms with van der Waals surface area (Å²) in [4.78, 5) is 34.0. The van der Waals surface area contributed by atoms with Crippen LogP contribution < -0.4 is 11.1 Å². The Morgan fingerprint density at radius 1 is 1.32 bits per heavy atom. The third-order valence-corrected chi connectivity index (χ3v) is 4.04. The van der Waals surface area contributed by atoms with Crippen molar-refractivity contribution in [2.45, 2.75) is 13.1 Å². The van der Waals surface area contributed by atoms with Gasteiger partial charge in [0, 0.05) is 24.2 Å². The third-order valence-electron chi connectivity index (χ3n) is 3.73. The lowest BCUT2D eigenvalue weighted by molar-refractivity contribution is -0.384. The molecule has 1 amide bonds. The lowest BCUT2D eigenvalue weighted by Gasteiger charge is -2.05. The summed E-state index contributed by atoms with van der Waals surface area (Å²) in [5.74, 6) is -2.14. The molecule has 0 aliphatic carbocycles. The number of hydrogen-bond donors (Lipinski definition) is 1. The molecule has 3 rings (SSSR count). The highest BCUT2D eigenvalue weighted by Gasteiger charge is 2.18. The summed E-state index contributed by atoms with van der Waals surface area (Å²) in [6.45, 7) is -0.513. The van der Waals surface area contributed by atoms with Crippen molar-refractivity contribution in [1.29, 1.82) is 0 Å². The summed E-state index contributed by atoms with van der Waals surface area (Å²) < 4.78 is 19.3. The lowest BCUT2D eigenvalue weighted by Crippen LogP contribution is -2.31. The second-order valence-electron chi connectivity index (χ2n) is 5.62. The van der Waals surface area contributed by atoms with Crippen molar-refractivity contribution in [2.24, 2.45) is 0 Å². The number of benzene rings is 2. The predicted molar refractivity (Wildman–Crippen MR) is 96.1 cm³/mol. The monoisotopic (exact) mass is 406 g/mol. The molecule has 0 spiro atoms. The fraction of sp³-hybridized carbons (Fsp3) is 0.118. The fourth-order valence-corrected chi connectivity index (χ4v) is 2.59. The van der Waals surface area contributed by atoms with Crippen LogP contribution in [-0.2, 0) is 17.9 Å². The number of nitrogens with one attached hydrogen (secondary N) is 1. The molecule has 9 nitrogen and oxygen atoms in total. The summed E-state index contributed by atoms with van der Waals surface area (Å²) in [5, 5.41) is 17.1. The van der Waals surface area contributed by atoms with Crippen LogP contribution in [0, 0.1) is 15.9 Å². The average molecular weight is 407 g/mol. The zero-order chi connectivity index (χ0) is 20.3. The van der Waals surface area contributed by atoms with Crippen molar-refractivity contribution in [1.82, 2.24) is 15.1 Å². The van der Waals surface area contributed by atoms with Gasteiger partial charge in [0.2, 0.25) is 5.91 Å². The van der Waals surface area contributed by atoms with Gasteiger partial charge in [0.15, 0.2) is 0 Å². The summed E-state index contributed by atoms with van der Waals surface area (Å²) in [5.41, 5.74) is 0.222. The molecule has 2 aromatic carbocycles. The van der Waals surface area contributed by atoms with E-state index in [0.717, 1.165) is 10.7 Å². The van der Waals surface area contributed by atoms with E-state index < -0.39 is 28.9 Å². The molecule has 0 aliphatic heterocycles. The molecule has 0 radical (unpaired) electrons. The summed E-state index contributed by atoms with van der Waals surface area (Å²) >= 11 is 5.98. The maximum absolute atomic E-state index is 13.5. The van der Waals surface area contributed by atoms with Gasteiger partial charge in [-0.3, -0.25) is 14.9 Å². The van der Waals surface area contributed by atoms with E-state index in [9.17, 15) is 24.1 Å². The van der Waals surface area contributed by atoms with Gasteiger partial charge in [-0.15, -0.1) is 5.10 Å². The molecule has 0 bridgehead atoms. The third kappa shape index (κ3) is 4.23. The van der Waals surface area contributed by atoms with Gasteiger partial charge in [-0.25, -0.2) is 9.18 Å². The largest absolute Gasteiger partial charge is 0.437 e. The highest BCUT2D eigenvalue weighted by molar-refractivity contribution is 6.33. The molecule has 0 fully saturated rings. The van der Waals surface area contributed by atoms with Crippen LogP contribution in [-0.4, -0.2) is 20.6 Å². The van der Waals surface area contributed by atoms with Gasteiger partial charge >= 0.3 is 5.76 Å². The van der Waals surface area contributed by atoms with Gasteiger partial charge in [0.25, 0.3) is 11.6 Å². The molecule has 0 atom stereocenters. The Balaban J connectivity index is 1.72. The number of carbonyl (C=O) groups is 1. The standard InChI is InChI=1S/C17H12ClFN4O5/c18-13-7-11(23(26)27)5-6-12(13)16-21-22(17(25)28-16)9-15(24)20-8-10-3-1-2-4-14(10)19/h1-7H,8-9H2,(H,20,24). The van der Waals surface area contributed by atoms with E-state index in [-0.39, 0.29) is 28.7 Å². The Hall–Kier alpha value is -3.53. The summed E-state index contributed by atoms with van der Waals surface area (Å²) in [6, 6.07) is 9.51. The second kappa shape index (κ2) is 8.01. The first kappa shape index (κ1) is 19.2. The number of rotatable bonds is 6. The van der Waals surface area contributed by atoms with Crippen LogP contribution in [0.4, 0.5) is 10.1 Å². The fourth-order valence-electron chi connectivity index (χ4n) is 2.33. The van der Waals surface area contributed by atoms with Crippen LogP contribution >= 0.6 is 11.6 Å². The number of amides is 1. The van der Waals surface area contributed by atoms with Crippen LogP contribution in [0.2, 0.25) is 5.02 Å². The van der Waals surface area contributed by atoms with Crippen LogP contribution in [0.5, 0.6) is 0 Å². The molecule has 3 aromatic rings. The number of hydrogen-bond acceptors (Lipinski definition) is 6. The predicted octanol–water partition coefficient (Wildman–Crippen LogP) is 2.52. The van der Waals surface area contributed by atoms with E-state index in [1.807, 2.05) is 0 Å². The smallest absolute Gasteiger partial charge is 0.388 e. The molecule has 1 N–H and O–H groups in total. The highest BCUT2D eigenvalue weighted by Crippen LogP contribution is 2.29. The number of aromatic nitrogens is 2. The molecule has 0 saturated carbocycles. The number of nitrogens with zero attached hydrogens (tertiary/aromatic N) is 3. The molecule has 11 heteroatoms. The van der Waals surface area contributed by atoms with Gasteiger partial charge in [-0.05, 0) is 12.1 Å². The molecule has 0 unspecified atom stereocenters. The molecule has 0 aliphatic rings. The van der Waals surface area contributed by atoms with Crippen molar-refractivity contribution < 1.29 is 18.5 Å². The van der Waals surface area contributed by atoms with Crippen molar-refractivity contribution in [2.75, 3.05) is 0 Å². The van der Waals surface area contributed by atoms with Crippen LogP contribution in [0.15, 0.2) is 51.7 Å². The summed E-state index contributed by atoms with van der Waals surface area (Å²) in [6.07, 6.45) is 0. The Kier molecular flexibility index (Phi) is 5.50. The minimum atomic E-state index is -0.912. The van der Waals surface area contributed by atoms with Gasteiger partial charge in [0.05, 0.1) is 15.5 Å². The van der Waals surface area contributed by atoms with Crippen LogP contribution in [0.3, 0.4) is 0 Å². The Morgan fingerprint density at radius 3 is 2.75 bits per heavy atom. The van der Waals surface area contributed by atoms with E-state index in [1.54, 1.807) is 6.07 Å². The lowest BCUT2D eigenvalue weighted by atomic mass is 10.2. The topological polar surface area (TPSA) is 120 Å². The Labute approximate surface area is 161 Å². The SMILES string of the molecule is O=C(Cn1nc(-c2ccc([N+](=O)[O-])cc2Cl)oc1=O)NCc1ccccc1F. The van der Waals surface area contributed by atoms with Gasteiger partial charge in [-0.1, -0.05) is 29.8 Å². The van der Waals surface area contributed by atoms with Gasteiger partial charge in [0.1, 0.15) is 12.4 Å². The van der Waals surface area contributed by atoms with Gasteiger partial charge in [-0.2, -0.15) is 4.68 Å². The van der Waals surface area contributed by atoms with Crippen LogP contribution in [0.25, 0.3) is 11.5 Å². The highest BCUT2D eigenvalue weighted by atomic mass is 35.5. The van der Waals surface area contributed by atoms with E-state index in [1.165, 1.54) is 30.3 Å². The van der Waals surface area contributed by atoms with Gasteiger partial charge < -0.3 is 9.73 Å². The molecular weight excluding hydrogens is 395 g/mol. The number of non-ortho nitro benzene ring substituents is 1. The van der Waals surface area contributed by atoms with E-state index in [0.29, 0.717) is 5.56 Å². The maximum Gasteiger partial charge on any atom is 0.437 e. The molecule has 144 valence electrons. The zero-order valence-corrected chi connectivity index (χ0v) is 14.9. The van der Waals surface area contributed by atoms with E-state index >= 15 is 0 Å². The number of carbonyl (C=O) groups excluding carboxylic acids is 1. The van der Waals surface area contributed by atoms with Crippen molar-refractivity contribution in [3.8, 4) is 11.5 Å². The minimum Gasteiger partial charge on any atom is -0.388 e. The minimum absolute atomic E-state index is 0.0356. The molecule has 1 heterocycles. The summed E-state index contributed by atoms with van der Waals surface area (Å²) in [7, 11) is 0. The zero-order valence-electron chi connectivity index (χ0n) is 14.1. The molecule has 1 aromatic heterocycles. The van der Waals surface area contributed by atoms with Crippen molar-refractivity contribution >= 4 is 23.2 Å². The van der Waals surface area contributed by atoms with E-state index in [4.69, 9.17) is 16.0 Å². The molecule has 28 heavy (non-hydrogen) atoms. The van der Waals surface area contributed by atoms with E-state index in [2.05, 4.69) is 10.4 Å². The Morgan fingerprint density at radius 2 is 2.07 bits per heavy atom. The maximum atomic E-state index is 13.5. The quantitative estimate of drug-likeness (QED) is 0.496. The van der Waals surface area contributed by atoms with Crippen LogP contribution in [0.1, 0.15) is 5.56 Å². The number of nitro benzene ring substituents is 1.